The number of benzene rings is 2. The summed E-state index contributed by atoms with van der Waals surface area (Å²) in [6, 6.07) is 13.9. The summed E-state index contributed by atoms with van der Waals surface area (Å²) in [5.41, 5.74) is 1.01. The lowest BCUT2D eigenvalue weighted by Crippen LogP contribution is -2.47. The standard InChI is InChI=1S/C22H22BrN3O2S/c1-13(2)9-18(21(27)25-22(12-24)7-8-22)26-29-15-4-5-16-17-10-14(23)3-6-19(17)28-20(16)11-15/h3-6,10-11,13,18,26H,7-9H2,1-2H3,(H,25,27). The summed E-state index contributed by atoms with van der Waals surface area (Å²) >= 11 is 4.93. The summed E-state index contributed by atoms with van der Waals surface area (Å²) in [6.07, 6.45) is 2.16. The molecule has 0 saturated heterocycles. The number of furan rings is 1. The molecule has 1 unspecified atom stereocenters. The molecule has 1 fully saturated rings. The van der Waals surface area contributed by atoms with Crippen LogP contribution in [0.5, 0.6) is 0 Å². The number of carbonyl (C=O) groups excluding carboxylic acids is 1. The SMILES string of the molecule is CC(C)CC(NSc1ccc2c(c1)oc1ccc(Br)cc12)C(=O)NC1(C#N)CC1. The predicted octanol–water partition coefficient (Wildman–Crippen LogP) is 5.53. The van der Waals surface area contributed by atoms with Gasteiger partial charge in [0, 0.05) is 20.1 Å². The smallest absolute Gasteiger partial charge is 0.239 e. The van der Waals surface area contributed by atoms with Crippen LogP contribution in [0.3, 0.4) is 0 Å². The van der Waals surface area contributed by atoms with Crippen molar-refractivity contribution in [1.82, 2.24) is 10.0 Å². The minimum atomic E-state index is -0.653. The minimum Gasteiger partial charge on any atom is -0.456 e. The first-order valence-corrected chi connectivity index (χ1v) is 11.3. The molecule has 3 aromatic rings. The quantitative estimate of drug-likeness (QED) is 0.442. The third-order valence-corrected chi connectivity index (χ3v) is 6.46. The lowest BCUT2D eigenvalue weighted by molar-refractivity contribution is -0.123. The Kier molecular flexibility index (Phi) is 5.60. The minimum absolute atomic E-state index is 0.111. The second-order valence-electron chi connectivity index (χ2n) is 7.99. The van der Waals surface area contributed by atoms with Crippen LogP contribution in [0.4, 0.5) is 0 Å². The van der Waals surface area contributed by atoms with E-state index in [0.29, 0.717) is 12.3 Å². The van der Waals surface area contributed by atoms with Crippen LogP contribution in [0.25, 0.3) is 21.9 Å². The Labute approximate surface area is 182 Å². The Morgan fingerprint density at radius 2 is 2.03 bits per heavy atom. The summed E-state index contributed by atoms with van der Waals surface area (Å²) in [6.45, 7) is 4.17. The number of rotatable bonds is 7. The number of nitrogens with one attached hydrogen (secondary N) is 2. The number of carbonyl (C=O) groups is 1. The highest BCUT2D eigenvalue weighted by atomic mass is 79.9. The van der Waals surface area contributed by atoms with Crippen molar-refractivity contribution in [2.24, 2.45) is 5.92 Å². The van der Waals surface area contributed by atoms with E-state index in [1.54, 1.807) is 0 Å². The van der Waals surface area contributed by atoms with Gasteiger partial charge in [0.1, 0.15) is 16.7 Å². The van der Waals surface area contributed by atoms with Gasteiger partial charge in [-0.05, 0) is 73.5 Å². The molecule has 1 heterocycles. The molecule has 150 valence electrons. The fourth-order valence-corrected chi connectivity index (χ4v) is 4.47. The van der Waals surface area contributed by atoms with Gasteiger partial charge in [0.25, 0.3) is 0 Å². The molecule has 1 atom stereocenters. The van der Waals surface area contributed by atoms with Gasteiger partial charge in [-0.2, -0.15) is 5.26 Å². The van der Waals surface area contributed by atoms with Crippen molar-refractivity contribution in [3.8, 4) is 6.07 Å². The first-order chi connectivity index (χ1) is 13.9. The number of hydrogen-bond donors (Lipinski definition) is 2. The molecule has 0 aliphatic heterocycles. The predicted molar refractivity (Wildman–Crippen MR) is 119 cm³/mol. The first-order valence-electron chi connectivity index (χ1n) is 9.66. The lowest BCUT2D eigenvalue weighted by Gasteiger charge is -2.21. The molecule has 0 bridgehead atoms. The van der Waals surface area contributed by atoms with E-state index < -0.39 is 5.54 Å². The molecule has 1 amide bonds. The van der Waals surface area contributed by atoms with Crippen molar-refractivity contribution in [3.05, 3.63) is 40.9 Å². The Balaban J connectivity index is 1.50. The zero-order valence-corrected chi connectivity index (χ0v) is 18.7. The lowest BCUT2D eigenvalue weighted by atomic mass is 10.0. The highest BCUT2D eigenvalue weighted by Gasteiger charge is 2.45. The summed E-state index contributed by atoms with van der Waals surface area (Å²) in [5.74, 6) is 0.243. The molecule has 1 aromatic heterocycles. The van der Waals surface area contributed by atoms with Gasteiger partial charge in [0.05, 0.1) is 12.1 Å². The third kappa shape index (κ3) is 4.45. The summed E-state index contributed by atoms with van der Waals surface area (Å²) in [5, 5.41) is 14.3. The van der Waals surface area contributed by atoms with Gasteiger partial charge >= 0.3 is 0 Å². The number of halogens is 1. The van der Waals surface area contributed by atoms with Gasteiger partial charge in [0.2, 0.25) is 5.91 Å². The van der Waals surface area contributed by atoms with E-state index in [1.165, 1.54) is 11.9 Å². The van der Waals surface area contributed by atoms with Crippen molar-refractivity contribution in [1.29, 1.82) is 5.26 Å². The maximum Gasteiger partial charge on any atom is 0.239 e. The van der Waals surface area contributed by atoms with Gasteiger partial charge in [-0.1, -0.05) is 29.8 Å². The van der Waals surface area contributed by atoms with Crippen LogP contribution >= 0.6 is 27.9 Å². The molecule has 0 spiro atoms. The monoisotopic (exact) mass is 471 g/mol. The van der Waals surface area contributed by atoms with Crippen LogP contribution in [-0.4, -0.2) is 17.5 Å². The largest absolute Gasteiger partial charge is 0.456 e. The highest BCUT2D eigenvalue weighted by molar-refractivity contribution is 9.10. The zero-order chi connectivity index (χ0) is 20.6. The molecule has 4 rings (SSSR count). The summed E-state index contributed by atoms with van der Waals surface area (Å²) in [7, 11) is 0. The van der Waals surface area contributed by atoms with E-state index in [0.717, 1.165) is 44.1 Å². The zero-order valence-electron chi connectivity index (χ0n) is 16.3. The van der Waals surface area contributed by atoms with Gasteiger partial charge in [-0.3, -0.25) is 4.79 Å². The van der Waals surface area contributed by atoms with Gasteiger partial charge in [0.15, 0.2) is 0 Å². The molecule has 0 radical (unpaired) electrons. The molecule has 1 saturated carbocycles. The van der Waals surface area contributed by atoms with Crippen LogP contribution in [0, 0.1) is 17.2 Å². The fourth-order valence-electron chi connectivity index (χ4n) is 3.33. The average molecular weight is 472 g/mol. The highest BCUT2D eigenvalue weighted by Crippen LogP contribution is 2.35. The van der Waals surface area contributed by atoms with Crippen molar-refractivity contribution in [3.63, 3.8) is 0 Å². The second kappa shape index (κ2) is 8.02. The van der Waals surface area contributed by atoms with E-state index in [-0.39, 0.29) is 11.9 Å². The fraction of sp³-hybridized carbons (Fsp3) is 0.364. The summed E-state index contributed by atoms with van der Waals surface area (Å²) in [4.78, 5) is 13.7. The van der Waals surface area contributed by atoms with E-state index in [2.05, 4.69) is 52.0 Å². The molecule has 2 aromatic carbocycles. The molecule has 7 heteroatoms. The van der Waals surface area contributed by atoms with Crippen molar-refractivity contribution >= 4 is 55.7 Å². The van der Waals surface area contributed by atoms with Gasteiger partial charge in [-0.25, -0.2) is 4.72 Å². The number of nitrogens with zero attached hydrogens (tertiary/aromatic N) is 1. The van der Waals surface area contributed by atoms with E-state index >= 15 is 0 Å². The van der Waals surface area contributed by atoms with Crippen LogP contribution in [0.1, 0.15) is 33.1 Å². The molecular weight excluding hydrogens is 450 g/mol. The number of nitriles is 1. The molecule has 1 aliphatic rings. The number of amides is 1. The Morgan fingerprint density at radius 3 is 2.72 bits per heavy atom. The maximum absolute atomic E-state index is 12.7. The average Bonchev–Trinajstić information content (AvgIpc) is 3.37. The maximum atomic E-state index is 12.7. The van der Waals surface area contributed by atoms with Crippen molar-refractivity contribution < 1.29 is 9.21 Å². The van der Waals surface area contributed by atoms with Gasteiger partial charge < -0.3 is 9.73 Å². The Morgan fingerprint density at radius 1 is 1.24 bits per heavy atom. The molecule has 5 nitrogen and oxygen atoms in total. The Hall–Kier alpha value is -2.01. The van der Waals surface area contributed by atoms with Crippen LogP contribution in [0.15, 0.2) is 50.2 Å². The van der Waals surface area contributed by atoms with Crippen LogP contribution in [-0.2, 0) is 4.79 Å². The van der Waals surface area contributed by atoms with E-state index in [9.17, 15) is 10.1 Å². The Bertz CT molecular complexity index is 1110. The van der Waals surface area contributed by atoms with Crippen molar-refractivity contribution in [2.45, 2.75) is 49.6 Å². The summed E-state index contributed by atoms with van der Waals surface area (Å²) < 4.78 is 10.3. The van der Waals surface area contributed by atoms with Crippen LogP contribution < -0.4 is 10.0 Å². The third-order valence-electron chi connectivity index (χ3n) is 5.07. The first kappa shape index (κ1) is 20.3. The van der Waals surface area contributed by atoms with Crippen LogP contribution in [0.2, 0.25) is 0 Å². The van der Waals surface area contributed by atoms with Crippen molar-refractivity contribution in [2.75, 3.05) is 0 Å². The molecule has 29 heavy (non-hydrogen) atoms. The number of fused-ring (bicyclic) bond motifs is 3. The number of hydrogen-bond acceptors (Lipinski definition) is 5. The van der Waals surface area contributed by atoms with E-state index in [4.69, 9.17) is 4.42 Å². The topological polar surface area (TPSA) is 78.1 Å². The second-order valence-corrected chi connectivity index (χ2v) is 9.81. The molecular formula is C22H22BrN3O2S. The van der Waals surface area contributed by atoms with Gasteiger partial charge in [-0.15, -0.1) is 0 Å². The normalized spacial score (nSPS) is 16.1. The molecule has 1 aliphatic carbocycles. The van der Waals surface area contributed by atoms with E-state index in [1.807, 2.05) is 30.3 Å². The molecule has 2 N–H and O–H groups in total.